The summed E-state index contributed by atoms with van der Waals surface area (Å²) in [5.41, 5.74) is 4.55. The first-order valence-corrected chi connectivity index (χ1v) is 5.67. The largest absolute Gasteiger partial charge is 0.389 e. The molecule has 5 nitrogen and oxygen atoms in total. The van der Waals surface area contributed by atoms with E-state index < -0.39 is 17.3 Å². The summed E-state index contributed by atoms with van der Waals surface area (Å²) >= 11 is 0. The molecule has 1 aromatic rings. The van der Waals surface area contributed by atoms with Gasteiger partial charge < -0.3 is 15.7 Å². The van der Waals surface area contributed by atoms with E-state index in [4.69, 9.17) is 5.73 Å². The molecule has 0 aromatic carbocycles. The molecule has 0 spiro atoms. The molecule has 0 aliphatic carbocycles. The van der Waals surface area contributed by atoms with Crippen molar-refractivity contribution in [1.29, 1.82) is 0 Å². The maximum atomic E-state index is 13.1. The Hall–Kier alpha value is -1.69. The minimum Gasteiger partial charge on any atom is -0.389 e. The first-order chi connectivity index (χ1) is 8.24. The van der Waals surface area contributed by atoms with Gasteiger partial charge in [0.25, 0.3) is 5.91 Å². The van der Waals surface area contributed by atoms with Crippen LogP contribution < -0.4 is 5.73 Å². The van der Waals surface area contributed by atoms with E-state index in [1.807, 2.05) is 0 Å². The van der Waals surface area contributed by atoms with Crippen LogP contribution in [0.25, 0.3) is 0 Å². The lowest BCUT2D eigenvalue weighted by Gasteiger charge is -2.28. The smallest absolute Gasteiger partial charge is 0.257 e. The van der Waals surface area contributed by atoms with E-state index in [0.717, 1.165) is 12.3 Å². The molecule has 0 bridgehead atoms. The van der Waals surface area contributed by atoms with Crippen molar-refractivity contribution in [2.24, 2.45) is 0 Å². The van der Waals surface area contributed by atoms with Gasteiger partial charge in [-0.1, -0.05) is 0 Å². The van der Waals surface area contributed by atoms with Crippen molar-refractivity contribution >= 4 is 11.7 Å². The fourth-order valence-electron chi connectivity index (χ4n) is 1.59. The minimum absolute atomic E-state index is 0.0149. The van der Waals surface area contributed by atoms with Gasteiger partial charge in [-0.15, -0.1) is 0 Å². The van der Waals surface area contributed by atoms with Crippen LogP contribution in [0.4, 0.5) is 10.2 Å². The van der Waals surface area contributed by atoms with Gasteiger partial charge in [0.15, 0.2) is 0 Å². The molecule has 0 unspecified atom stereocenters. The number of hydrogen-bond donors (Lipinski definition) is 2. The van der Waals surface area contributed by atoms with Gasteiger partial charge in [0.1, 0.15) is 11.6 Å². The number of halogens is 1. The van der Waals surface area contributed by atoms with Gasteiger partial charge in [-0.05, 0) is 26.8 Å². The van der Waals surface area contributed by atoms with Crippen LogP contribution in [0.2, 0.25) is 0 Å². The van der Waals surface area contributed by atoms with Crippen molar-refractivity contribution in [2.75, 3.05) is 18.8 Å². The molecule has 0 fully saturated rings. The number of carbonyl (C=O) groups is 1. The van der Waals surface area contributed by atoms with Gasteiger partial charge >= 0.3 is 0 Å². The number of nitrogens with zero attached hydrogens (tertiary/aromatic N) is 2. The maximum absolute atomic E-state index is 13.1. The molecule has 0 radical (unpaired) electrons. The third kappa shape index (κ3) is 3.66. The van der Waals surface area contributed by atoms with Crippen molar-refractivity contribution in [3.8, 4) is 0 Å². The van der Waals surface area contributed by atoms with Crippen molar-refractivity contribution in [1.82, 2.24) is 9.88 Å². The number of likely N-dealkylation sites (N-methyl/N-ethyl adjacent to an activating group) is 1. The molecule has 100 valence electrons. The summed E-state index contributed by atoms with van der Waals surface area (Å²) in [6, 6.07) is 1.05. The van der Waals surface area contributed by atoms with E-state index in [2.05, 4.69) is 4.98 Å². The molecule has 1 amide bonds. The first-order valence-electron chi connectivity index (χ1n) is 5.67. The van der Waals surface area contributed by atoms with Crippen molar-refractivity contribution in [3.63, 3.8) is 0 Å². The summed E-state index contributed by atoms with van der Waals surface area (Å²) in [7, 11) is 0. The lowest BCUT2D eigenvalue weighted by atomic mass is 10.1. The topological polar surface area (TPSA) is 79.5 Å². The summed E-state index contributed by atoms with van der Waals surface area (Å²) < 4.78 is 13.1. The number of aromatic nitrogens is 1. The van der Waals surface area contributed by atoms with E-state index in [0.29, 0.717) is 6.54 Å². The zero-order chi connectivity index (χ0) is 13.9. The first kappa shape index (κ1) is 14.4. The lowest BCUT2D eigenvalue weighted by molar-refractivity contribution is 0.0315. The summed E-state index contributed by atoms with van der Waals surface area (Å²) in [6.45, 7) is 5.48. The standard InChI is InChI=1S/C12H18FN3O2/c1-4-16(7-12(2,3)18)11(17)9-5-8(13)6-15-10(9)14/h5-6,18H,4,7H2,1-3H3,(H2,14,15). The minimum atomic E-state index is -1.03. The Morgan fingerprint density at radius 3 is 2.72 bits per heavy atom. The Bertz CT molecular complexity index is 443. The number of anilines is 1. The summed E-state index contributed by atoms with van der Waals surface area (Å²) in [5, 5.41) is 9.72. The number of nitrogen functional groups attached to an aromatic ring is 1. The van der Waals surface area contributed by atoms with Crippen LogP contribution in [0, 0.1) is 5.82 Å². The Morgan fingerprint density at radius 1 is 1.61 bits per heavy atom. The molecule has 0 saturated carbocycles. The highest BCUT2D eigenvalue weighted by atomic mass is 19.1. The van der Waals surface area contributed by atoms with Crippen LogP contribution in [-0.2, 0) is 0 Å². The van der Waals surface area contributed by atoms with Crippen molar-refractivity contribution < 1.29 is 14.3 Å². The van der Waals surface area contributed by atoms with Gasteiger partial charge in [-0.2, -0.15) is 0 Å². The fourth-order valence-corrected chi connectivity index (χ4v) is 1.59. The molecule has 3 N–H and O–H groups in total. The molecule has 1 aromatic heterocycles. The number of aliphatic hydroxyl groups is 1. The highest BCUT2D eigenvalue weighted by Gasteiger charge is 2.24. The van der Waals surface area contributed by atoms with Crippen molar-refractivity contribution in [3.05, 3.63) is 23.6 Å². The summed E-state index contributed by atoms with van der Waals surface area (Å²) in [4.78, 5) is 17.2. The Labute approximate surface area is 105 Å². The van der Waals surface area contributed by atoms with E-state index >= 15 is 0 Å². The van der Waals surface area contributed by atoms with Crippen LogP contribution in [0.15, 0.2) is 12.3 Å². The van der Waals surface area contributed by atoms with Gasteiger partial charge in [0, 0.05) is 13.1 Å². The second kappa shape index (κ2) is 5.30. The van der Waals surface area contributed by atoms with Gasteiger partial charge in [-0.25, -0.2) is 9.37 Å². The average Bonchev–Trinajstić information content (AvgIpc) is 2.27. The third-order valence-electron chi connectivity index (χ3n) is 2.36. The number of pyridine rings is 1. The average molecular weight is 255 g/mol. The highest BCUT2D eigenvalue weighted by molar-refractivity contribution is 5.98. The molecular formula is C12H18FN3O2. The van der Waals surface area contributed by atoms with Gasteiger partial charge in [0.05, 0.1) is 17.4 Å². The Balaban J connectivity index is 3.00. The Kier molecular flexibility index (Phi) is 4.24. The van der Waals surface area contributed by atoms with Crippen LogP contribution in [-0.4, -0.2) is 39.6 Å². The zero-order valence-electron chi connectivity index (χ0n) is 10.8. The predicted molar refractivity (Wildman–Crippen MR) is 66.5 cm³/mol. The Morgan fingerprint density at radius 2 is 2.22 bits per heavy atom. The van der Waals surface area contributed by atoms with Crippen molar-refractivity contribution in [2.45, 2.75) is 26.4 Å². The molecule has 1 rings (SSSR count). The second-order valence-electron chi connectivity index (χ2n) is 4.72. The number of carbonyl (C=O) groups excluding carboxylic acids is 1. The van der Waals surface area contributed by atoms with Crippen LogP contribution in [0.1, 0.15) is 31.1 Å². The lowest BCUT2D eigenvalue weighted by Crippen LogP contribution is -2.42. The predicted octanol–water partition coefficient (Wildman–Crippen LogP) is 1.04. The normalized spacial score (nSPS) is 11.4. The van der Waals surface area contributed by atoms with Gasteiger partial charge in [-0.3, -0.25) is 4.79 Å². The fraction of sp³-hybridized carbons (Fsp3) is 0.500. The van der Waals surface area contributed by atoms with Gasteiger partial charge in [0.2, 0.25) is 0 Å². The van der Waals surface area contributed by atoms with E-state index in [9.17, 15) is 14.3 Å². The molecule has 0 saturated heterocycles. The number of rotatable bonds is 4. The molecule has 0 aliphatic heterocycles. The molecule has 0 atom stereocenters. The quantitative estimate of drug-likeness (QED) is 0.842. The highest BCUT2D eigenvalue weighted by Crippen LogP contribution is 2.15. The van der Waals surface area contributed by atoms with Crippen LogP contribution in [0.3, 0.4) is 0 Å². The number of amides is 1. The SMILES string of the molecule is CCN(CC(C)(C)O)C(=O)c1cc(F)cnc1N. The van der Waals surface area contributed by atoms with E-state index in [-0.39, 0.29) is 17.9 Å². The summed E-state index contributed by atoms with van der Waals surface area (Å²) in [5.74, 6) is -1.08. The monoisotopic (exact) mass is 255 g/mol. The van der Waals surface area contributed by atoms with E-state index in [1.165, 1.54) is 4.90 Å². The number of nitrogens with two attached hydrogens (primary N) is 1. The molecule has 6 heteroatoms. The molecular weight excluding hydrogens is 237 g/mol. The maximum Gasteiger partial charge on any atom is 0.257 e. The van der Waals surface area contributed by atoms with Crippen LogP contribution in [0.5, 0.6) is 0 Å². The van der Waals surface area contributed by atoms with Crippen LogP contribution >= 0.6 is 0 Å². The third-order valence-corrected chi connectivity index (χ3v) is 2.36. The number of hydrogen-bond acceptors (Lipinski definition) is 4. The molecule has 0 aliphatic rings. The zero-order valence-corrected chi connectivity index (χ0v) is 10.8. The summed E-state index contributed by atoms with van der Waals surface area (Å²) in [6.07, 6.45) is 0.957. The second-order valence-corrected chi connectivity index (χ2v) is 4.72. The molecule has 1 heterocycles. The van der Waals surface area contributed by atoms with E-state index in [1.54, 1.807) is 20.8 Å². The molecule has 18 heavy (non-hydrogen) atoms.